The summed E-state index contributed by atoms with van der Waals surface area (Å²) in [4.78, 5) is 101. The second kappa shape index (κ2) is 18.3. The van der Waals surface area contributed by atoms with Crippen LogP contribution in [0.5, 0.6) is 0 Å². The molecule has 1 unspecified atom stereocenters. The van der Waals surface area contributed by atoms with Gasteiger partial charge in [0.15, 0.2) is 5.78 Å². The Kier molecular flexibility index (Phi) is 14.9. The molecule has 1 aromatic carbocycles. The van der Waals surface area contributed by atoms with Gasteiger partial charge in [0, 0.05) is 43.6 Å². The molecule has 0 saturated heterocycles. The third kappa shape index (κ3) is 13.8. The first-order chi connectivity index (χ1) is 22.9. The van der Waals surface area contributed by atoms with Crippen LogP contribution in [0.25, 0.3) is 0 Å². The number of amides is 7. The smallest absolute Gasteiger partial charge is 0.407 e. The minimum atomic E-state index is -1.51. The second-order valence-corrected chi connectivity index (χ2v) is 12.8. The number of urea groups is 1. The number of esters is 1. The Morgan fingerprint density at radius 2 is 1.53 bits per heavy atom. The number of hydrogen-bond donors (Lipinski definition) is 5. The monoisotopic (exact) mass is 686 g/mol. The molecule has 3 atom stereocenters. The maximum absolute atomic E-state index is 13.7. The lowest BCUT2D eigenvalue weighted by Crippen LogP contribution is -2.58. The van der Waals surface area contributed by atoms with Gasteiger partial charge >= 0.3 is 18.1 Å². The third-order valence-electron chi connectivity index (χ3n) is 7.12. The molecule has 0 fully saturated rings. The zero-order valence-electron chi connectivity index (χ0n) is 28.6. The molecule has 0 bridgehead atoms. The van der Waals surface area contributed by atoms with Crippen LogP contribution in [-0.4, -0.2) is 83.2 Å². The van der Waals surface area contributed by atoms with Gasteiger partial charge in [0.1, 0.15) is 18.2 Å². The molecule has 268 valence electrons. The molecule has 1 aliphatic rings. The molecule has 0 radical (unpaired) electrons. The van der Waals surface area contributed by atoms with E-state index in [2.05, 4.69) is 21.3 Å². The lowest BCUT2D eigenvalue weighted by Gasteiger charge is -2.30. The number of ketones is 1. The van der Waals surface area contributed by atoms with E-state index in [9.17, 15) is 38.4 Å². The largest absolute Gasteiger partial charge is 0.461 e. The third-order valence-corrected chi connectivity index (χ3v) is 7.12. The van der Waals surface area contributed by atoms with Crippen LogP contribution in [0.1, 0.15) is 66.4 Å². The average Bonchev–Trinajstić information content (AvgIpc) is 3.32. The Morgan fingerprint density at radius 1 is 0.918 bits per heavy atom. The number of nitrogens with two attached hydrogens (primary N) is 1. The van der Waals surface area contributed by atoms with Gasteiger partial charge in [-0.25, -0.2) is 9.59 Å². The molecule has 0 aromatic heterocycles. The molecule has 2 rings (SSSR count). The molecule has 0 saturated carbocycles. The number of carbonyl (C=O) groups is 8. The van der Waals surface area contributed by atoms with E-state index >= 15 is 0 Å². The number of ether oxygens (including phenoxy) is 2. The fourth-order valence-electron chi connectivity index (χ4n) is 4.75. The van der Waals surface area contributed by atoms with Gasteiger partial charge in [-0.2, -0.15) is 0 Å². The van der Waals surface area contributed by atoms with Crippen molar-refractivity contribution >= 4 is 53.2 Å². The van der Waals surface area contributed by atoms with Crippen molar-refractivity contribution in [2.24, 2.45) is 17.6 Å². The average molecular weight is 687 g/mol. The van der Waals surface area contributed by atoms with Crippen LogP contribution in [0.4, 0.5) is 15.3 Å². The summed E-state index contributed by atoms with van der Waals surface area (Å²) in [6.07, 6.45) is 1.27. The highest BCUT2D eigenvalue weighted by atomic mass is 16.6. The summed E-state index contributed by atoms with van der Waals surface area (Å²) < 4.78 is 10.2. The van der Waals surface area contributed by atoms with Gasteiger partial charge in [-0.15, -0.1) is 0 Å². The quantitative estimate of drug-likeness (QED) is 0.0904. The first kappa shape index (κ1) is 39.9. The number of Topliss-reactive ketones (excluding diaryl/α,β-unsaturated/α-hetero) is 1. The number of nitrogens with zero attached hydrogens (tertiary/aromatic N) is 1. The van der Waals surface area contributed by atoms with E-state index in [1.54, 1.807) is 58.9 Å². The topological polar surface area (TPSA) is 232 Å². The first-order valence-electron chi connectivity index (χ1n) is 15.8. The van der Waals surface area contributed by atoms with Crippen LogP contribution in [-0.2, 0) is 44.8 Å². The normalized spacial score (nSPS) is 14.5. The summed E-state index contributed by atoms with van der Waals surface area (Å²) >= 11 is 0. The maximum atomic E-state index is 13.7. The predicted octanol–water partition coefficient (Wildman–Crippen LogP) is 1.67. The summed E-state index contributed by atoms with van der Waals surface area (Å²) in [5, 5.41) is 10.2. The fourth-order valence-corrected chi connectivity index (χ4v) is 4.75. The molecular weight excluding hydrogens is 640 g/mol. The number of nitrogens with one attached hydrogen (secondary N) is 4. The van der Waals surface area contributed by atoms with Crippen LogP contribution in [0.3, 0.4) is 0 Å². The molecule has 1 aromatic rings. The molecule has 0 aliphatic carbocycles. The zero-order valence-corrected chi connectivity index (χ0v) is 28.6. The number of primary amides is 1. The van der Waals surface area contributed by atoms with E-state index in [1.807, 2.05) is 0 Å². The molecule has 16 heteroatoms. The van der Waals surface area contributed by atoms with Crippen LogP contribution in [0, 0.1) is 11.8 Å². The summed E-state index contributed by atoms with van der Waals surface area (Å²) in [6, 6.07) is 3.16. The van der Waals surface area contributed by atoms with Crippen molar-refractivity contribution < 1.29 is 47.8 Å². The summed E-state index contributed by atoms with van der Waals surface area (Å²) in [5.74, 6) is -5.23. The fraction of sp³-hybridized carbons (Fsp3) is 0.515. The Balaban J connectivity index is 2.23. The molecule has 1 aliphatic heterocycles. The van der Waals surface area contributed by atoms with Crippen LogP contribution in [0.15, 0.2) is 36.4 Å². The van der Waals surface area contributed by atoms with Crippen molar-refractivity contribution in [1.29, 1.82) is 0 Å². The summed E-state index contributed by atoms with van der Waals surface area (Å²) in [7, 11) is 0. The highest BCUT2D eigenvalue weighted by Crippen LogP contribution is 2.20. The Bertz CT molecular complexity index is 1420. The Morgan fingerprint density at radius 3 is 2.06 bits per heavy atom. The van der Waals surface area contributed by atoms with E-state index in [0.29, 0.717) is 22.6 Å². The van der Waals surface area contributed by atoms with E-state index in [4.69, 9.17) is 15.2 Å². The molecular formula is C33H46N6O10. The number of hydrogen-bond acceptors (Lipinski definition) is 10. The van der Waals surface area contributed by atoms with E-state index in [-0.39, 0.29) is 26.0 Å². The molecule has 7 amide bonds. The van der Waals surface area contributed by atoms with Crippen LogP contribution >= 0.6 is 0 Å². The van der Waals surface area contributed by atoms with Crippen molar-refractivity contribution in [2.75, 3.05) is 18.4 Å². The first-order valence-corrected chi connectivity index (χ1v) is 15.8. The van der Waals surface area contributed by atoms with E-state index < -0.39 is 83.6 Å². The number of anilines is 1. The zero-order chi connectivity index (χ0) is 36.9. The molecule has 16 nitrogen and oxygen atoms in total. The number of imide groups is 1. The van der Waals surface area contributed by atoms with E-state index in [1.165, 1.54) is 6.92 Å². The summed E-state index contributed by atoms with van der Waals surface area (Å²) in [6.45, 7) is 9.28. The highest BCUT2D eigenvalue weighted by molar-refractivity contribution is 6.15. The van der Waals surface area contributed by atoms with Gasteiger partial charge in [0.25, 0.3) is 11.8 Å². The minimum Gasteiger partial charge on any atom is -0.461 e. The van der Waals surface area contributed by atoms with E-state index in [0.717, 1.165) is 12.2 Å². The van der Waals surface area contributed by atoms with Gasteiger partial charge in [-0.05, 0) is 57.2 Å². The Hall–Kier alpha value is -5.28. The van der Waals surface area contributed by atoms with Crippen molar-refractivity contribution in [1.82, 2.24) is 20.9 Å². The van der Waals surface area contributed by atoms with Gasteiger partial charge in [0.05, 0.1) is 12.6 Å². The lowest BCUT2D eigenvalue weighted by molar-refractivity contribution is -0.146. The van der Waals surface area contributed by atoms with Gasteiger partial charge in [-0.3, -0.25) is 33.7 Å². The standard InChI is InChI=1S/C33H46N6O10/c1-19(2)28(38-30(45)24(39-26(42)13-14-27(39)43)17-36-32(47)49-33(4,5)6)25(41)16-22(8-7-15-35-31(34)46)29(44)37-23-11-9-21(10-12-23)18-48-20(3)40/h9-14,19,22,24,28H,7-8,15-18H2,1-6H3,(H,36,47)(H,37,44)(H,38,45)(H3,34,35,46)/t22-,24?,28+/m1/s1. The lowest BCUT2D eigenvalue weighted by atomic mass is 9.89. The Labute approximate surface area is 284 Å². The highest BCUT2D eigenvalue weighted by Gasteiger charge is 2.39. The molecule has 49 heavy (non-hydrogen) atoms. The molecule has 6 N–H and O–H groups in total. The van der Waals surface area contributed by atoms with Crippen LogP contribution in [0.2, 0.25) is 0 Å². The van der Waals surface area contributed by atoms with Crippen molar-refractivity contribution in [3.63, 3.8) is 0 Å². The molecule has 0 spiro atoms. The number of alkyl carbamates (subject to hydrolysis) is 1. The van der Waals surface area contributed by atoms with Crippen molar-refractivity contribution in [3.8, 4) is 0 Å². The maximum Gasteiger partial charge on any atom is 0.407 e. The second-order valence-electron chi connectivity index (χ2n) is 12.8. The molecule has 1 heterocycles. The number of rotatable bonds is 17. The minimum absolute atomic E-state index is 0.0599. The van der Waals surface area contributed by atoms with Gasteiger partial charge < -0.3 is 36.5 Å². The summed E-state index contributed by atoms with van der Waals surface area (Å²) in [5.41, 5.74) is 5.40. The SMILES string of the molecule is CC(=O)OCc1ccc(NC(=O)[C@H](CCCNC(N)=O)CC(=O)[C@@H](NC(=O)C(CNC(=O)OC(C)(C)C)N2C(=O)C=CC2=O)C(C)C)cc1. The van der Waals surface area contributed by atoms with Crippen LogP contribution < -0.4 is 27.0 Å². The number of carbonyl (C=O) groups excluding carboxylic acids is 8. The van der Waals surface area contributed by atoms with Gasteiger partial charge in [-0.1, -0.05) is 26.0 Å². The van der Waals surface area contributed by atoms with Crippen molar-refractivity contribution in [3.05, 3.63) is 42.0 Å². The van der Waals surface area contributed by atoms with Gasteiger partial charge in [0.2, 0.25) is 11.8 Å². The number of benzene rings is 1. The predicted molar refractivity (Wildman–Crippen MR) is 176 cm³/mol. The van der Waals surface area contributed by atoms with Crippen molar-refractivity contribution in [2.45, 2.75) is 85.1 Å².